The molecule has 114 valence electrons. The van der Waals surface area contributed by atoms with Crippen LogP contribution in [0.1, 0.15) is 31.7 Å². The maximum Gasteiger partial charge on any atom is 0.331 e. The molecule has 0 amide bonds. The van der Waals surface area contributed by atoms with Crippen LogP contribution in [-0.2, 0) is 26.6 Å². The van der Waals surface area contributed by atoms with Gasteiger partial charge >= 0.3 is 5.69 Å². The lowest BCUT2D eigenvalue weighted by Crippen LogP contribution is -2.39. The van der Waals surface area contributed by atoms with Gasteiger partial charge in [-0.25, -0.2) is 4.79 Å². The average Bonchev–Trinajstić information content (AvgIpc) is 2.73. The van der Waals surface area contributed by atoms with Gasteiger partial charge in [-0.05, 0) is 28.8 Å². The third-order valence-corrected chi connectivity index (χ3v) is 4.33. The van der Waals surface area contributed by atoms with Gasteiger partial charge in [0, 0.05) is 25.9 Å². The van der Waals surface area contributed by atoms with Crippen LogP contribution in [0.2, 0.25) is 0 Å². The smallest absolute Gasteiger partial charge is 0.300 e. The first-order chi connectivity index (χ1) is 9.99. The van der Waals surface area contributed by atoms with Gasteiger partial charge in [0.15, 0.2) is 0 Å². The largest absolute Gasteiger partial charge is 0.331 e. The Morgan fingerprint density at radius 1 is 1.29 bits per heavy atom. The molecular formula is C14H19BrN4O2. The number of nitrogens with zero attached hydrogens (tertiary/aromatic N) is 4. The number of hydrogen-bond donors (Lipinski definition) is 0. The fraction of sp³-hybridized carbons (Fsp3) is 0.500. The second-order valence-electron chi connectivity index (χ2n) is 4.90. The van der Waals surface area contributed by atoms with E-state index >= 15 is 0 Å². The van der Waals surface area contributed by atoms with Crippen LogP contribution in [0.4, 0.5) is 0 Å². The van der Waals surface area contributed by atoms with Crippen molar-refractivity contribution in [3.8, 4) is 0 Å². The van der Waals surface area contributed by atoms with Crippen LogP contribution in [0.3, 0.4) is 0 Å². The Morgan fingerprint density at radius 3 is 2.57 bits per heavy atom. The Hall–Kier alpha value is -1.63. The summed E-state index contributed by atoms with van der Waals surface area (Å²) in [5.74, 6) is 0. The van der Waals surface area contributed by atoms with Gasteiger partial charge in [0.05, 0.1) is 22.4 Å². The topological polar surface area (TPSA) is 61.8 Å². The van der Waals surface area contributed by atoms with Gasteiger partial charge in [-0.3, -0.25) is 14.0 Å². The van der Waals surface area contributed by atoms with Gasteiger partial charge in [0.2, 0.25) is 0 Å². The molecule has 0 N–H and O–H groups in total. The Bertz CT molecular complexity index is 757. The monoisotopic (exact) mass is 354 g/mol. The molecule has 2 rings (SSSR count). The molecule has 0 bridgehead atoms. The maximum atomic E-state index is 12.4. The lowest BCUT2D eigenvalue weighted by molar-refractivity contribution is 0.554. The summed E-state index contributed by atoms with van der Waals surface area (Å²) in [7, 11) is 1.82. The number of aromatic nitrogens is 4. The zero-order valence-corrected chi connectivity index (χ0v) is 14.1. The van der Waals surface area contributed by atoms with E-state index in [9.17, 15) is 9.59 Å². The molecule has 0 radical (unpaired) electrons. The lowest BCUT2D eigenvalue weighted by atomic mass is 10.3. The summed E-state index contributed by atoms with van der Waals surface area (Å²) in [6, 6.07) is 1.43. The fourth-order valence-corrected chi connectivity index (χ4v) is 3.00. The second kappa shape index (κ2) is 6.43. The summed E-state index contributed by atoms with van der Waals surface area (Å²) in [5.41, 5.74) is 1.17. The van der Waals surface area contributed by atoms with Crippen molar-refractivity contribution in [2.75, 3.05) is 0 Å². The molecule has 2 heterocycles. The third-order valence-electron chi connectivity index (χ3n) is 3.42. The quantitative estimate of drug-likeness (QED) is 0.817. The molecule has 2 aromatic rings. The Morgan fingerprint density at radius 2 is 2.00 bits per heavy atom. The summed E-state index contributed by atoms with van der Waals surface area (Å²) in [4.78, 5) is 24.4. The minimum absolute atomic E-state index is 0.215. The molecule has 0 spiro atoms. The molecule has 0 atom stereocenters. The fourth-order valence-electron chi connectivity index (χ4n) is 2.25. The predicted octanol–water partition coefficient (Wildman–Crippen LogP) is 1.53. The minimum atomic E-state index is -0.293. The van der Waals surface area contributed by atoms with E-state index in [1.807, 2.05) is 20.9 Å². The molecular weight excluding hydrogens is 336 g/mol. The summed E-state index contributed by atoms with van der Waals surface area (Å²) >= 11 is 3.51. The highest BCUT2D eigenvalue weighted by Gasteiger charge is 2.15. The molecule has 0 fully saturated rings. The summed E-state index contributed by atoms with van der Waals surface area (Å²) in [6.07, 6.45) is 3.19. The van der Waals surface area contributed by atoms with E-state index in [0.29, 0.717) is 6.54 Å². The van der Waals surface area contributed by atoms with Crippen molar-refractivity contribution >= 4 is 15.9 Å². The molecule has 0 saturated heterocycles. The molecule has 7 heteroatoms. The van der Waals surface area contributed by atoms with Crippen molar-refractivity contribution < 1.29 is 0 Å². The summed E-state index contributed by atoms with van der Waals surface area (Å²) in [5, 5.41) is 4.39. The first-order valence-corrected chi connectivity index (χ1v) is 7.79. The van der Waals surface area contributed by atoms with Crippen molar-refractivity contribution in [3.63, 3.8) is 0 Å². The molecule has 0 unspecified atom stereocenters. The highest BCUT2D eigenvalue weighted by molar-refractivity contribution is 9.10. The standard InChI is InChI=1S/C14H19BrN4O2/c1-4-7-18-8-6-12(20)19(14(18)21)9-11-13(15)10(5-2)16-17(11)3/h6,8H,4-5,7,9H2,1-3H3. The molecule has 0 saturated carbocycles. The molecule has 6 nitrogen and oxygen atoms in total. The highest BCUT2D eigenvalue weighted by atomic mass is 79.9. The zero-order valence-electron chi connectivity index (χ0n) is 12.5. The first kappa shape index (κ1) is 15.8. The van der Waals surface area contributed by atoms with E-state index in [-0.39, 0.29) is 17.8 Å². The van der Waals surface area contributed by atoms with Crippen LogP contribution >= 0.6 is 15.9 Å². The van der Waals surface area contributed by atoms with Crippen LogP contribution in [0, 0.1) is 0 Å². The molecule has 2 aromatic heterocycles. The van der Waals surface area contributed by atoms with Gasteiger partial charge < -0.3 is 4.57 Å². The van der Waals surface area contributed by atoms with Crippen LogP contribution in [0.25, 0.3) is 0 Å². The number of aryl methyl sites for hydroxylation is 3. The molecule has 0 aliphatic carbocycles. The van der Waals surface area contributed by atoms with Crippen LogP contribution in [0.15, 0.2) is 26.3 Å². The van der Waals surface area contributed by atoms with Crippen molar-refractivity contribution in [3.05, 3.63) is 49.0 Å². The number of rotatable bonds is 5. The van der Waals surface area contributed by atoms with Crippen LogP contribution < -0.4 is 11.2 Å². The molecule has 0 aromatic carbocycles. The molecule has 0 aliphatic heterocycles. The van der Waals surface area contributed by atoms with E-state index in [1.165, 1.54) is 10.6 Å². The van der Waals surface area contributed by atoms with E-state index in [4.69, 9.17) is 0 Å². The zero-order chi connectivity index (χ0) is 15.6. The van der Waals surface area contributed by atoms with Crippen molar-refractivity contribution in [1.29, 1.82) is 0 Å². The van der Waals surface area contributed by atoms with E-state index in [2.05, 4.69) is 21.0 Å². The summed E-state index contributed by atoms with van der Waals surface area (Å²) in [6.45, 7) is 4.82. The van der Waals surface area contributed by atoms with Crippen LogP contribution in [0.5, 0.6) is 0 Å². The van der Waals surface area contributed by atoms with Gasteiger partial charge in [-0.1, -0.05) is 13.8 Å². The highest BCUT2D eigenvalue weighted by Crippen LogP contribution is 2.21. The Kier molecular flexibility index (Phi) is 4.82. The van der Waals surface area contributed by atoms with Crippen LogP contribution in [-0.4, -0.2) is 18.9 Å². The minimum Gasteiger partial charge on any atom is -0.300 e. The van der Waals surface area contributed by atoms with Crippen molar-refractivity contribution in [2.24, 2.45) is 7.05 Å². The maximum absolute atomic E-state index is 12.4. The van der Waals surface area contributed by atoms with E-state index < -0.39 is 0 Å². The third kappa shape index (κ3) is 3.02. The Balaban J connectivity index is 2.50. The van der Waals surface area contributed by atoms with Gasteiger partial charge in [0.25, 0.3) is 5.56 Å². The van der Waals surface area contributed by atoms with Crippen molar-refractivity contribution in [1.82, 2.24) is 18.9 Å². The second-order valence-corrected chi connectivity index (χ2v) is 5.69. The first-order valence-electron chi connectivity index (χ1n) is 7.00. The Labute approximate surface area is 131 Å². The van der Waals surface area contributed by atoms with Gasteiger partial charge in [0.1, 0.15) is 0 Å². The lowest BCUT2D eigenvalue weighted by Gasteiger charge is -2.09. The van der Waals surface area contributed by atoms with Gasteiger partial charge in [-0.2, -0.15) is 5.10 Å². The molecule has 21 heavy (non-hydrogen) atoms. The number of hydrogen-bond acceptors (Lipinski definition) is 3. The van der Waals surface area contributed by atoms with E-state index in [0.717, 1.165) is 28.7 Å². The normalized spacial score (nSPS) is 11.0. The van der Waals surface area contributed by atoms with Crippen molar-refractivity contribution in [2.45, 2.75) is 39.8 Å². The SMILES string of the molecule is CCCn1ccc(=O)n(Cc2c(Br)c(CC)nn2C)c1=O. The van der Waals surface area contributed by atoms with Gasteiger partial charge in [-0.15, -0.1) is 0 Å². The number of halogens is 1. The summed E-state index contributed by atoms with van der Waals surface area (Å²) < 4.78 is 5.39. The predicted molar refractivity (Wildman–Crippen MR) is 84.6 cm³/mol. The molecule has 0 aliphatic rings. The van der Waals surface area contributed by atoms with E-state index in [1.54, 1.807) is 15.4 Å². The average molecular weight is 355 g/mol.